The summed E-state index contributed by atoms with van der Waals surface area (Å²) in [6, 6.07) is 5.04. The second-order valence-electron chi connectivity index (χ2n) is 5.29. The van der Waals surface area contributed by atoms with Crippen LogP contribution in [0.1, 0.15) is 6.92 Å². The van der Waals surface area contributed by atoms with Crippen LogP contribution in [-0.2, 0) is 18.6 Å². The summed E-state index contributed by atoms with van der Waals surface area (Å²) in [7, 11) is -2.62. The standard InChI is InChI=1S/C16H15Cl2N2O7P/c1-3-28(24,26-9-15(21)25-2)14-7-11(4-5-13(14)20(22)23)27-16-12(18)6-10(17)8-19-16/h4-8H,3,9H2,1-2H3. The van der Waals surface area contributed by atoms with Gasteiger partial charge >= 0.3 is 5.97 Å². The highest BCUT2D eigenvalue weighted by Gasteiger charge is 2.33. The second-order valence-corrected chi connectivity index (χ2v) is 8.85. The van der Waals surface area contributed by atoms with E-state index >= 15 is 0 Å². The first-order chi connectivity index (χ1) is 13.2. The molecule has 0 N–H and O–H groups in total. The molecule has 0 aliphatic heterocycles. The predicted molar refractivity (Wildman–Crippen MR) is 103 cm³/mol. The Morgan fingerprint density at radius 2 is 2.04 bits per heavy atom. The average Bonchev–Trinajstić information content (AvgIpc) is 2.67. The number of hydrogen-bond donors (Lipinski definition) is 0. The van der Waals surface area contributed by atoms with E-state index in [1.54, 1.807) is 0 Å². The number of methoxy groups -OCH3 is 1. The minimum absolute atomic E-state index is 0.00711. The van der Waals surface area contributed by atoms with Crippen molar-refractivity contribution in [2.24, 2.45) is 0 Å². The van der Waals surface area contributed by atoms with Crippen LogP contribution in [0.4, 0.5) is 5.69 Å². The number of hydrogen-bond acceptors (Lipinski definition) is 8. The molecule has 150 valence electrons. The second kappa shape index (κ2) is 9.34. The van der Waals surface area contributed by atoms with Crippen molar-refractivity contribution in [2.75, 3.05) is 19.9 Å². The third kappa shape index (κ3) is 5.20. The van der Waals surface area contributed by atoms with Crippen molar-refractivity contribution in [2.45, 2.75) is 6.92 Å². The molecule has 0 saturated carbocycles. The zero-order chi connectivity index (χ0) is 20.9. The molecule has 2 rings (SSSR count). The molecule has 0 spiro atoms. The van der Waals surface area contributed by atoms with Crippen molar-refractivity contribution < 1.29 is 28.3 Å². The van der Waals surface area contributed by atoms with Gasteiger partial charge in [-0.3, -0.25) is 14.7 Å². The Morgan fingerprint density at radius 1 is 1.32 bits per heavy atom. The maximum atomic E-state index is 13.2. The molecule has 1 aromatic heterocycles. The van der Waals surface area contributed by atoms with Gasteiger partial charge in [0.1, 0.15) is 16.1 Å². The molecule has 0 radical (unpaired) electrons. The van der Waals surface area contributed by atoms with Gasteiger partial charge in [-0.05, 0) is 12.1 Å². The molecule has 1 aromatic carbocycles. The molecule has 0 fully saturated rings. The molecule has 2 aromatic rings. The van der Waals surface area contributed by atoms with Crippen molar-refractivity contribution in [1.82, 2.24) is 4.98 Å². The summed E-state index contributed by atoms with van der Waals surface area (Å²) in [5.41, 5.74) is -0.433. The van der Waals surface area contributed by atoms with E-state index in [9.17, 15) is 19.5 Å². The first kappa shape index (κ1) is 22.1. The Kier molecular flexibility index (Phi) is 7.37. The van der Waals surface area contributed by atoms with Crippen molar-refractivity contribution >= 4 is 47.5 Å². The molecule has 0 aliphatic rings. The Balaban J connectivity index is 2.45. The lowest BCUT2D eigenvalue weighted by atomic mass is 10.3. The summed E-state index contributed by atoms with van der Waals surface area (Å²) < 4.78 is 28.4. The fraction of sp³-hybridized carbons (Fsp3) is 0.250. The van der Waals surface area contributed by atoms with E-state index in [4.69, 9.17) is 32.5 Å². The number of aromatic nitrogens is 1. The van der Waals surface area contributed by atoms with Crippen molar-refractivity contribution in [3.63, 3.8) is 0 Å². The molecule has 12 heteroatoms. The Labute approximate surface area is 170 Å². The molecular weight excluding hydrogens is 434 g/mol. The van der Waals surface area contributed by atoms with Gasteiger partial charge in [-0.15, -0.1) is 0 Å². The lowest BCUT2D eigenvalue weighted by molar-refractivity contribution is -0.383. The fourth-order valence-corrected chi connectivity index (χ4v) is 4.35. The SMILES string of the molecule is CCP(=O)(OCC(=O)OC)c1cc(Oc2ncc(Cl)cc2Cl)ccc1[N+](=O)[O-]. The molecule has 28 heavy (non-hydrogen) atoms. The van der Waals surface area contributed by atoms with Gasteiger partial charge in [0, 0.05) is 24.5 Å². The molecule has 0 aliphatic carbocycles. The van der Waals surface area contributed by atoms with Crippen LogP contribution in [0.15, 0.2) is 30.5 Å². The van der Waals surface area contributed by atoms with Crippen molar-refractivity contribution in [3.05, 3.63) is 50.6 Å². The van der Waals surface area contributed by atoms with E-state index in [2.05, 4.69) is 9.72 Å². The third-order valence-corrected chi connectivity index (χ3v) is 6.48. The minimum Gasteiger partial charge on any atom is -0.467 e. The molecule has 1 unspecified atom stereocenters. The number of carbonyl (C=O) groups is 1. The first-order valence-electron chi connectivity index (χ1n) is 7.78. The van der Waals surface area contributed by atoms with Crippen LogP contribution >= 0.6 is 30.6 Å². The van der Waals surface area contributed by atoms with Gasteiger partial charge in [0.05, 0.1) is 17.1 Å². The van der Waals surface area contributed by atoms with E-state index in [0.717, 1.165) is 13.2 Å². The number of nitro groups is 1. The van der Waals surface area contributed by atoms with Crippen LogP contribution in [0, 0.1) is 10.1 Å². The average molecular weight is 449 g/mol. The van der Waals surface area contributed by atoms with Crippen LogP contribution in [0.25, 0.3) is 0 Å². The number of nitro benzene ring substituents is 1. The molecule has 0 saturated heterocycles. The normalized spacial score (nSPS) is 12.9. The predicted octanol–water partition coefficient (Wildman–Crippen LogP) is 4.20. The maximum absolute atomic E-state index is 13.2. The monoisotopic (exact) mass is 448 g/mol. The highest BCUT2D eigenvalue weighted by atomic mass is 35.5. The lowest BCUT2D eigenvalue weighted by Gasteiger charge is -2.17. The third-order valence-electron chi connectivity index (χ3n) is 3.53. The van der Waals surface area contributed by atoms with Crippen LogP contribution in [-0.4, -0.2) is 35.8 Å². The summed E-state index contributed by atoms with van der Waals surface area (Å²) in [5, 5.41) is 11.6. The maximum Gasteiger partial charge on any atom is 0.332 e. The highest BCUT2D eigenvalue weighted by molar-refractivity contribution is 7.67. The number of nitrogens with zero attached hydrogens (tertiary/aromatic N) is 2. The number of esters is 1. The van der Waals surface area contributed by atoms with E-state index in [0.29, 0.717) is 5.02 Å². The zero-order valence-corrected chi connectivity index (χ0v) is 17.2. The van der Waals surface area contributed by atoms with E-state index in [1.807, 2.05) is 0 Å². The van der Waals surface area contributed by atoms with Gasteiger partial charge in [0.2, 0.25) is 13.2 Å². The fourth-order valence-electron chi connectivity index (χ4n) is 2.13. The van der Waals surface area contributed by atoms with E-state index < -0.39 is 30.6 Å². The summed E-state index contributed by atoms with van der Waals surface area (Å²) in [5.74, 6) is -0.666. The zero-order valence-electron chi connectivity index (χ0n) is 14.8. The number of halogens is 2. The van der Waals surface area contributed by atoms with Gasteiger partial charge in [-0.2, -0.15) is 0 Å². The Bertz CT molecular complexity index is 955. The molecule has 1 heterocycles. The topological polar surface area (TPSA) is 118 Å². The van der Waals surface area contributed by atoms with Crippen molar-refractivity contribution in [3.8, 4) is 11.6 Å². The van der Waals surface area contributed by atoms with E-state index in [-0.39, 0.29) is 28.1 Å². The van der Waals surface area contributed by atoms with Crippen LogP contribution in [0.2, 0.25) is 10.0 Å². The summed E-state index contributed by atoms with van der Waals surface area (Å²) in [6.07, 6.45) is 1.22. The van der Waals surface area contributed by atoms with Gasteiger partial charge in [0.15, 0.2) is 6.61 Å². The molecule has 1 atom stereocenters. The number of ether oxygens (including phenoxy) is 2. The lowest BCUT2D eigenvalue weighted by Crippen LogP contribution is -2.18. The number of benzene rings is 1. The summed E-state index contributed by atoms with van der Waals surface area (Å²) in [4.78, 5) is 26.0. The van der Waals surface area contributed by atoms with Crippen molar-refractivity contribution in [1.29, 1.82) is 0 Å². The van der Waals surface area contributed by atoms with Gasteiger partial charge in [-0.1, -0.05) is 30.1 Å². The first-order valence-corrected chi connectivity index (χ1v) is 10.3. The number of pyridine rings is 1. The minimum atomic E-state index is -3.76. The summed E-state index contributed by atoms with van der Waals surface area (Å²) >= 11 is 11.8. The number of carbonyl (C=O) groups excluding carboxylic acids is 1. The Hall–Kier alpha value is -2.19. The largest absolute Gasteiger partial charge is 0.467 e. The van der Waals surface area contributed by atoms with Gasteiger partial charge in [0.25, 0.3) is 5.69 Å². The van der Waals surface area contributed by atoms with E-state index in [1.165, 1.54) is 31.3 Å². The highest BCUT2D eigenvalue weighted by Crippen LogP contribution is 2.48. The Morgan fingerprint density at radius 3 is 2.61 bits per heavy atom. The number of rotatable bonds is 8. The van der Waals surface area contributed by atoms with Crippen LogP contribution in [0.3, 0.4) is 0 Å². The summed E-state index contributed by atoms with van der Waals surface area (Å²) in [6.45, 7) is 0.904. The van der Waals surface area contributed by atoms with Crippen LogP contribution < -0.4 is 10.0 Å². The van der Waals surface area contributed by atoms with Gasteiger partial charge in [-0.25, -0.2) is 9.78 Å². The molecule has 0 amide bonds. The molecule has 9 nitrogen and oxygen atoms in total. The van der Waals surface area contributed by atoms with Gasteiger partial charge < -0.3 is 14.0 Å². The molecule has 0 bridgehead atoms. The quantitative estimate of drug-likeness (QED) is 0.255. The smallest absolute Gasteiger partial charge is 0.332 e. The molecular formula is C16H15Cl2N2O7P. The van der Waals surface area contributed by atoms with Crippen LogP contribution in [0.5, 0.6) is 11.6 Å².